The molecule has 1 aromatic heterocycles. The van der Waals surface area contributed by atoms with Crippen molar-refractivity contribution in [2.45, 2.75) is 6.54 Å². The van der Waals surface area contributed by atoms with Gasteiger partial charge in [-0.15, -0.1) is 11.3 Å². The third kappa shape index (κ3) is 2.66. The quantitative estimate of drug-likeness (QED) is 0.767. The first-order valence-electron chi connectivity index (χ1n) is 6.13. The summed E-state index contributed by atoms with van der Waals surface area (Å²) in [6.45, 7) is 0.576. The van der Waals surface area contributed by atoms with Crippen LogP contribution >= 0.6 is 11.3 Å². The first-order chi connectivity index (χ1) is 9.33. The van der Waals surface area contributed by atoms with Crippen molar-refractivity contribution in [1.29, 1.82) is 0 Å². The number of benzene rings is 2. The molecular formula is C16H13NOS. The summed E-state index contributed by atoms with van der Waals surface area (Å²) in [5, 5.41) is 4.18. The van der Waals surface area contributed by atoms with Gasteiger partial charge in [0.1, 0.15) is 0 Å². The van der Waals surface area contributed by atoms with E-state index < -0.39 is 0 Å². The van der Waals surface area contributed by atoms with Crippen LogP contribution in [0.5, 0.6) is 0 Å². The van der Waals surface area contributed by atoms with E-state index in [1.807, 2.05) is 42.5 Å². The maximum Gasteiger partial charge on any atom is 0.251 e. The second kappa shape index (κ2) is 5.24. The van der Waals surface area contributed by atoms with Gasteiger partial charge in [-0.05, 0) is 29.7 Å². The molecule has 1 N–H and O–H groups in total. The minimum atomic E-state index is -0.0296. The summed E-state index contributed by atoms with van der Waals surface area (Å²) in [5.41, 5.74) is 0.698. The van der Waals surface area contributed by atoms with E-state index in [-0.39, 0.29) is 5.91 Å². The van der Waals surface area contributed by atoms with E-state index in [0.717, 1.165) is 0 Å². The van der Waals surface area contributed by atoms with E-state index in [9.17, 15) is 4.79 Å². The lowest BCUT2D eigenvalue weighted by molar-refractivity contribution is 0.0951. The van der Waals surface area contributed by atoms with E-state index in [0.29, 0.717) is 12.1 Å². The maximum atomic E-state index is 11.9. The number of nitrogens with one attached hydrogen (secondary N) is 1. The van der Waals surface area contributed by atoms with E-state index in [1.54, 1.807) is 11.3 Å². The van der Waals surface area contributed by atoms with E-state index in [4.69, 9.17) is 0 Å². The predicted octanol–water partition coefficient (Wildman–Crippen LogP) is 3.83. The van der Waals surface area contributed by atoms with Crippen LogP contribution in [-0.2, 0) is 6.54 Å². The zero-order valence-corrected chi connectivity index (χ0v) is 11.1. The number of thiophene rings is 1. The molecule has 0 saturated carbocycles. The van der Waals surface area contributed by atoms with Crippen LogP contribution in [-0.4, -0.2) is 5.91 Å². The van der Waals surface area contributed by atoms with Crippen molar-refractivity contribution in [3.05, 3.63) is 71.1 Å². The minimum Gasteiger partial charge on any atom is -0.347 e. The van der Waals surface area contributed by atoms with E-state index in [1.165, 1.54) is 15.0 Å². The molecule has 2 aromatic carbocycles. The van der Waals surface area contributed by atoms with Gasteiger partial charge >= 0.3 is 0 Å². The van der Waals surface area contributed by atoms with Gasteiger partial charge in [0.2, 0.25) is 0 Å². The fourth-order valence-corrected chi connectivity index (χ4v) is 2.99. The van der Waals surface area contributed by atoms with Gasteiger partial charge in [-0.3, -0.25) is 4.79 Å². The van der Waals surface area contributed by atoms with E-state index >= 15 is 0 Å². The van der Waals surface area contributed by atoms with Gasteiger partial charge in [0.25, 0.3) is 5.91 Å². The summed E-state index contributed by atoms with van der Waals surface area (Å²) in [7, 11) is 0. The standard InChI is InChI=1S/C16H13NOS/c18-16(12-6-2-1-3-7-12)17-11-14-10-13-8-4-5-9-15(13)19-14/h1-10H,11H2,(H,17,18). The molecule has 2 nitrogen and oxygen atoms in total. The van der Waals surface area contributed by atoms with Crippen LogP contribution in [0.2, 0.25) is 0 Å². The fraction of sp³-hybridized carbons (Fsp3) is 0.0625. The minimum absolute atomic E-state index is 0.0296. The zero-order chi connectivity index (χ0) is 13.1. The first-order valence-corrected chi connectivity index (χ1v) is 6.95. The fourth-order valence-electron chi connectivity index (χ4n) is 1.98. The predicted molar refractivity (Wildman–Crippen MR) is 79.4 cm³/mol. The lowest BCUT2D eigenvalue weighted by Crippen LogP contribution is -2.22. The Labute approximate surface area is 115 Å². The highest BCUT2D eigenvalue weighted by Gasteiger charge is 2.05. The SMILES string of the molecule is O=C(NCc1cc2ccccc2s1)c1ccccc1. The Morgan fingerprint density at radius 1 is 1.00 bits per heavy atom. The summed E-state index contributed by atoms with van der Waals surface area (Å²) in [6, 6.07) is 19.7. The molecule has 0 saturated heterocycles. The molecule has 3 aromatic rings. The van der Waals surface area contributed by atoms with Crippen LogP contribution in [0.15, 0.2) is 60.7 Å². The molecule has 0 aliphatic carbocycles. The van der Waals surface area contributed by atoms with Crippen LogP contribution in [0, 0.1) is 0 Å². The van der Waals surface area contributed by atoms with Gasteiger partial charge in [-0.1, -0.05) is 36.4 Å². The maximum absolute atomic E-state index is 11.9. The number of rotatable bonds is 3. The van der Waals surface area contributed by atoms with Gasteiger partial charge in [-0.2, -0.15) is 0 Å². The summed E-state index contributed by atoms with van der Waals surface area (Å²) < 4.78 is 1.26. The second-order valence-electron chi connectivity index (χ2n) is 4.30. The van der Waals surface area contributed by atoms with Gasteiger partial charge < -0.3 is 5.32 Å². The molecule has 0 aliphatic heterocycles. The van der Waals surface area contributed by atoms with Crippen molar-refractivity contribution in [3.63, 3.8) is 0 Å². The molecule has 0 radical (unpaired) electrons. The number of carbonyl (C=O) groups excluding carboxylic acids is 1. The number of fused-ring (bicyclic) bond motifs is 1. The van der Waals surface area contributed by atoms with Crippen LogP contribution in [0.1, 0.15) is 15.2 Å². The Morgan fingerprint density at radius 2 is 1.74 bits per heavy atom. The molecule has 0 unspecified atom stereocenters. The molecule has 0 fully saturated rings. The van der Waals surface area contributed by atoms with Gasteiger partial charge in [0.05, 0.1) is 6.54 Å². The lowest BCUT2D eigenvalue weighted by atomic mass is 10.2. The van der Waals surface area contributed by atoms with Crippen LogP contribution in [0.3, 0.4) is 0 Å². The number of hydrogen-bond acceptors (Lipinski definition) is 2. The molecule has 1 heterocycles. The Kier molecular flexibility index (Phi) is 3.29. The molecule has 1 amide bonds. The van der Waals surface area contributed by atoms with Crippen LogP contribution in [0.25, 0.3) is 10.1 Å². The lowest BCUT2D eigenvalue weighted by Gasteiger charge is -2.02. The highest BCUT2D eigenvalue weighted by molar-refractivity contribution is 7.19. The Bertz CT molecular complexity index is 670. The largest absolute Gasteiger partial charge is 0.347 e. The van der Waals surface area contributed by atoms with Gasteiger partial charge in [0.15, 0.2) is 0 Å². The Hall–Kier alpha value is -2.13. The Balaban J connectivity index is 1.71. The van der Waals surface area contributed by atoms with Crippen molar-refractivity contribution >= 4 is 27.3 Å². The van der Waals surface area contributed by atoms with Gasteiger partial charge in [0, 0.05) is 15.1 Å². The van der Waals surface area contributed by atoms with Crippen molar-refractivity contribution in [2.24, 2.45) is 0 Å². The first kappa shape index (κ1) is 11.9. The summed E-state index contributed by atoms with van der Waals surface area (Å²) >= 11 is 1.72. The monoisotopic (exact) mass is 267 g/mol. The zero-order valence-electron chi connectivity index (χ0n) is 10.3. The highest BCUT2D eigenvalue weighted by atomic mass is 32.1. The van der Waals surface area contributed by atoms with Crippen LogP contribution in [0.4, 0.5) is 0 Å². The normalized spacial score (nSPS) is 10.5. The molecule has 0 atom stereocenters. The third-order valence-corrected chi connectivity index (χ3v) is 4.05. The molecule has 3 heteroatoms. The highest BCUT2D eigenvalue weighted by Crippen LogP contribution is 2.24. The van der Waals surface area contributed by atoms with Crippen molar-refractivity contribution in [2.75, 3.05) is 0 Å². The molecule has 3 rings (SSSR count). The van der Waals surface area contributed by atoms with Crippen molar-refractivity contribution < 1.29 is 4.79 Å². The number of amides is 1. The third-order valence-electron chi connectivity index (χ3n) is 2.94. The van der Waals surface area contributed by atoms with Crippen molar-refractivity contribution in [3.8, 4) is 0 Å². The molecular weight excluding hydrogens is 254 g/mol. The molecule has 0 aliphatic rings. The molecule has 94 valence electrons. The summed E-state index contributed by atoms with van der Waals surface area (Å²) in [4.78, 5) is 13.1. The summed E-state index contributed by atoms with van der Waals surface area (Å²) in [6.07, 6.45) is 0. The smallest absolute Gasteiger partial charge is 0.251 e. The van der Waals surface area contributed by atoms with Gasteiger partial charge in [-0.25, -0.2) is 0 Å². The molecule has 0 spiro atoms. The second-order valence-corrected chi connectivity index (χ2v) is 5.47. The molecule has 0 bridgehead atoms. The molecule has 19 heavy (non-hydrogen) atoms. The average molecular weight is 267 g/mol. The van der Waals surface area contributed by atoms with Crippen molar-refractivity contribution in [1.82, 2.24) is 5.32 Å². The summed E-state index contributed by atoms with van der Waals surface area (Å²) in [5.74, 6) is -0.0296. The van der Waals surface area contributed by atoms with Crippen LogP contribution < -0.4 is 5.32 Å². The average Bonchev–Trinajstić information content (AvgIpc) is 2.88. The number of hydrogen-bond donors (Lipinski definition) is 1. The Morgan fingerprint density at radius 3 is 2.53 bits per heavy atom. The topological polar surface area (TPSA) is 29.1 Å². The van der Waals surface area contributed by atoms with E-state index in [2.05, 4.69) is 23.5 Å². The number of carbonyl (C=O) groups is 1.